The number of aryl methyl sites for hydroxylation is 2. The SMILES string of the molecule is Cc1cc(C(=O)NCCN(C)c2ccccc2)c2c(C)noc2n1. The molecule has 2 aromatic heterocycles. The number of hydrogen-bond acceptors (Lipinski definition) is 5. The topological polar surface area (TPSA) is 71.3 Å². The van der Waals surface area contributed by atoms with Crippen molar-refractivity contribution in [2.45, 2.75) is 13.8 Å². The Bertz CT molecular complexity index is 858. The molecule has 2 heterocycles. The van der Waals surface area contributed by atoms with Gasteiger partial charge in [0.1, 0.15) is 0 Å². The summed E-state index contributed by atoms with van der Waals surface area (Å²) in [4.78, 5) is 18.9. The van der Waals surface area contributed by atoms with Gasteiger partial charge in [0.2, 0.25) is 0 Å². The van der Waals surface area contributed by atoms with Crippen molar-refractivity contribution in [3.63, 3.8) is 0 Å². The van der Waals surface area contributed by atoms with Crippen LogP contribution in [-0.4, -0.2) is 36.2 Å². The third-order valence-electron chi connectivity index (χ3n) is 3.92. The Kier molecular flexibility index (Phi) is 4.46. The van der Waals surface area contributed by atoms with Crippen molar-refractivity contribution in [1.82, 2.24) is 15.5 Å². The number of nitrogens with zero attached hydrogens (tertiary/aromatic N) is 3. The summed E-state index contributed by atoms with van der Waals surface area (Å²) in [7, 11) is 2.00. The van der Waals surface area contributed by atoms with E-state index in [1.54, 1.807) is 6.07 Å². The first kappa shape index (κ1) is 16.0. The van der Waals surface area contributed by atoms with Crippen LogP contribution in [0.25, 0.3) is 11.1 Å². The van der Waals surface area contributed by atoms with Gasteiger partial charge in [0, 0.05) is 31.5 Å². The number of carbonyl (C=O) groups excluding carboxylic acids is 1. The number of hydrogen-bond donors (Lipinski definition) is 1. The smallest absolute Gasteiger partial charge is 0.258 e. The summed E-state index contributed by atoms with van der Waals surface area (Å²) in [5.74, 6) is -0.140. The van der Waals surface area contributed by atoms with E-state index in [2.05, 4.69) is 20.4 Å². The van der Waals surface area contributed by atoms with Crippen molar-refractivity contribution in [3.05, 3.63) is 53.3 Å². The van der Waals surface area contributed by atoms with Crippen LogP contribution in [0.5, 0.6) is 0 Å². The molecule has 6 heteroatoms. The molecule has 0 fully saturated rings. The number of fused-ring (bicyclic) bond motifs is 1. The molecule has 0 saturated carbocycles. The Balaban J connectivity index is 1.69. The molecule has 0 saturated heterocycles. The van der Waals surface area contributed by atoms with Crippen molar-refractivity contribution in [2.24, 2.45) is 0 Å². The maximum Gasteiger partial charge on any atom is 0.258 e. The lowest BCUT2D eigenvalue weighted by molar-refractivity contribution is 0.0956. The molecule has 124 valence electrons. The minimum atomic E-state index is -0.140. The fraction of sp³-hybridized carbons (Fsp3) is 0.278. The summed E-state index contributed by atoms with van der Waals surface area (Å²) in [6, 6.07) is 11.8. The number of benzene rings is 1. The molecule has 0 aliphatic carbocycles. The van der Waals surface area contributed by atoms with Crippen molar-refractivity contribution in [2.75, 3.05) is 25.0 Å². The highest BCUT2D eigenvalue weighted by Gasteiger charge is 2.17. The van der Waals surface area contributed by atoms with Crippen LogP contribution in [0.15, 0.2) is 40.9 Å². The van der Waals surface area contributed by atoms with E-state index in [1.807, 2.05) is 51.2 Å². The molecular formula is C18H20N4O2. The Morgan fingerprint density at radius 2 is 2.00 bits per heavy atom. The number of aromatic nitrogens is 2. The first-order valence-electron chi connectivity index (χ1n) is 7.84. The van der Waals surface area contributed by atoms with E-state index >= 15 is 0 Å². The molecule has 1 aromatic carbocycles. The zero-order valence-electron chi connectivity index (χ0n) is 14.0. The van der Waals surface area contributed by atoms with E-state index in [-0.39, 0.29) is 5.91 Å². The van der Waals surface area contributed by atoms with Crippen LogP contribution >= 0.6 is 0 Å². The summed E-state index contributed by atoms with van der Waals surface area (Å²) >= 11 is 0. The monoisotopic (exact) mass is 324 g/mol. The predicted molar refractivity (Wildman–Crippen MR) is 93.3 cm³/mol. The summed E-state index contributed by atoms with van der Waals surface area (Å²) in [5.41, 5.74) is 3.47. The Morgan fingerprint density at radius 1 is 1.25 bits per heavy atom. The molecular weight excluding hydrogens is 304 g/mol. The van der Waals surface area contributed by atoms with E-state index < -0.39 is 0 Å². The van der Waals surface area contributed by atoms with Gasteiger partial charge in [-0.1, -0.05) is 23.4 Å². The number of rotatable bonds is 5. The van der Waals surface area contributed by atoms with Crippen LogP contribution in [0.1, 0.15) is 21.7 Å². The van der Waals surface area contributed by atoms with Crippen molar-refractivity contribution < 1.29 is 9.32 Å². The highest BCUT2D eigenvalue weighted by Crippen LogP contribution is 2.21. The molecule has 0 bridgehead atoms. The van der Waals surface area contributed by atoms with Gasteiger partial charge < -0.3 is 14.7 Å². The van der Waals surface area contributed by atoms with Crippen LogP contribution < -0.4 is 10.2 Å². The number of para-hydroxylation sites is 1. The highest BCUT2D eigenvalue weighted by atomic mass is 16.5. The van der Waals surface area contributed by atoms with Gasteiger partial charge in [-0.2, -0.15) is 0 Å². The molecule has 0 aliphatic rings. The van der Waals surface area contributed by atoms with Gasteiger partial charge in [-0.05, 0) is 32.0 Å². The molecule has 1 N–H and O–H groups in total. The maximum absolute atomic E-state index is 12.6. The van der Waals surface area contributed by atoms with E-state index in [4.69, 9.17) is 4.52 Å². The minimum Gasteiger partial charge on any atom is -0.373 e. The van der Waals surface area contributed by atoms with Crippen LogP contribution in [0.3, 0.4) is 0 Å². The fourth-order valence-electron chi connectivity index (χ4n) is 2.64. The first-order valence-corrected chi connectivity index (χ1v) is 7.84. The molecule has 3 rings (SSSR count). The summed E-state index contributed by atoms with van der Waals surface area (Å²) in [6.45, 7) is 4.89. The largest absolute Gasteiger partial charge is 0.373 e. The predicted octanol–water partition coefficient (Wildman–Crippen LogP) is 2.71. The normalized spacial score (nSPS) is 10.8. The second-order valence-electron chi connectivity index (χ2n) is 5.77. The van der Waals surface area contributed by atoms with Gasteiger partial charge in [0.05, 0.1) is 16.6 Å². The number of likely N-dealkylation sites (N-methyl/N-ethyl adjacent to an activating group) is 1. The number of anilines is 1. The van der Waals surface area contributed by atoms with Crippen LogP contribution in [0, 0.1) is 13.8 Å². The summed E-state index contributed by atoms with van der Waals surface area (Å²) < 4.78 is 5.17. The second-order valence-corrected chi connectivity index (χ2v) is 5.77. The third-order valence-corrected chi connectivity index (χ3v) is 3.92. The molecule has 0 aliphatic heterocycles. The first-order chi connectivity index (χ1) is 11.6. The lowest BCUT2D eigenvalue weighted by atomic mass is 10.1. The van der Waals surface area contributed by atoms with Gasteiger partial charge in [0.15, 0.2) is 0 Å². The molecule has 0 spiro atoms. The third kappa shape index (κ3) is 3.22. The maximum atomic E-state index is 12.6. The lowest BCUT2D eigenvalue weighted by Crippen LogP contribution is -2.33. The van der Waals surface area contributed by atoms with E-state index in [9.17, 15) is 4.79 Å². The number of nitrogens with one attached hydrogen (secondary N) is 1. The number of pyridine rings is 1. The van der Waals surface area contributed by atoms with Gasteiger partial charge in [0.25, 0.3) is 11.6 Å². The zero-order valence-corrected chi connectivity index (χ0v) is 14.0. The second kappa shape index (κ2) is 6.70. The average Bonchev–Trinajstić information content (AvgIpc) is 2.95. The molecule has 24 heavy (non-hydrogen) atoms. The molecule has 0 atom stereocenters. The molecule has 1 amide bonds. The van der Waals surface area contributed by atoms with Crippen LogP contribution in [-0.2, 0) is 0 Å². The molecule has 3 aromatic rings. The van der Waals surface area contributed by atoms with Crippen LogP contribution in [0.2, 0.25) is 0 Å². The van der Waals surface area contributed by atoms with Crippen molar-refractivity contribution >= 4 is 22.7 Å². The quantitative estimate of drug-likeness (QED) is 0.781. The molecule has 6 nitrogen and oxygen atoms in total. The average molecular weight is 324 g/mol. The number of carbonyl (C=O) groups is 1. The molecule has 0 unspecified atom stereocenters. The summed E-state index contributed by atoms with van der Waals surface area (Å²) in [6.07, 6.45) is 0. The zero-order chi connectivity index (χ0) is 17.1. The highest BCUT2D eigenvalue weighted by molar-refractivity contribution is 6.06. The van der Waals surface area contributed by atoms with E-state index in [0.717, 1.165) is 11.4 Å². The summed E-state index contributed by atoms with van der Waals surface area (Å²) in [5, 5.41) is 7.54. The van der Waals surface area contributed by atoms with Crippen LogP contribution in [0.4, 0.5) is 5.69 Å². The Morgan fingerprint density at radius 3 is 2.75 bits per heavy atom. The van der Waals surface area contributed by atoms with Crippen molar-refractivity contribution in [1.29, 1.82) is 0 Å². The Hall–Kier alpha value is -2.89. The lowest BCUT2D eigenvalue weighted by Gasteiger charge is -2.19. The Labute approximate surface area is 140 Å². The van der Waals surface area contributed by atoms with Gasteiger partial charge in [-0.3, -0.25) is 4.79 Å². The minimum absolute atomic E-state index is 0.140. The van der Waals surface area contributed by atoms with E-state index in [1.165, 1.54) is 0 Å². The van der Waals surface area contributed by atoms with Gasteiger partial charge in [-0.25, -0.2) is 4.98 Å². The fourth-order valence-corrected chi connectivity index (χ4v) is 2.64. The van der Waals surface area contributed by atoms with Gasteiger partial charge in [-0.15, -0.1) is 0 Å². The van der Waals surface area contributed by atoms with E-state index in [0.29, 0.717) is 35.4 Å². The standard InChI is InChI=1S/C18H20N4O2/c1-12-11-15(16-13(2)21-24-18(16)20-12)17(23)19-9-10-22(3)14-7-5-4-6-8-14/h4-8,11H,9-10H2,1-3H3,(H,19,23). The van der Waals surface area contributed by atoms with Gasteiger partial charge >= 0.3 is 0 Å². The molecule has 0 radical (unpaired) electrons. The number of amides is 1. The van der Waals surface area contributed by atoms with Crippen molar-refractivity contribution in [3.8, 4) is 0 Å².